The number of hydrogen-bond acceptors (Lipinski definition) is 4. The van der Waals surface area contributed by atoms with Gasteiger partial charge < -0.3 is 9.32 Å². The molecule has 1 amide bonds. The normalized spacial score (nSPS) is 16.1. The molecule has 6 nitrogen and oxygen atoms in total. The second-order valence-electron chi connectivity index (χ2n) is 6.60. The van der Waals surface area contributed by atoms with E-state index in [0.717, 1.165) is 10.9 Å². The Balaban J connectivity index is 1.41. The number of rotatable bonds is 4. The summed E-state index contributed by atoms with van der Waals surface area (Å²) >= 11 is 0. The van der Waals surface area contributed by atoms with Crippen molar-refractivity contribution in [2.45, 2.75) is 0 Å². The van der Waals surface area contributed by atoms with Gasteiger partial charge in [0.1, 0.15) is 5.58 Å². The average Bonchev–Trinajstić information content (AvgIpc) is 3.17. The van der Waals surface area contributed by atoms with Gasteiger partial charge in [0.05, 0.1) is 0 Å². The summed E-state index contributed by atoms with van der Waals surface area (Å²) in [6, 6.07) is 18.4. The number of piperazine rings is 1. The van der Waals surface area contributed by atoms with E-state index in [1.807, 2.05) is 54.6 Å². The van der Waals surface area contributed by atoms with E-state index in [1.54, 1.807) is 17.0 Å². The van der Waals surface area contributed by atoms with Crippen LogP contribution in [0.2, 0.25) is 0 Å². The Hall–Kier alpha value is -2.90. The number of sulfonamides is 1. The number of fused-ring (bicyclic) bond motifs is 1. The first-order valence-corrected chi connectivity index (χ1v) is 10.5. The van der Waals surface area contributed by atoms with Crippen molar-refractivity contribution in [1.29, 1.82) is 0 Å². The van der Waals surface area contributed by atoms with E-state index in [0.29, 0.717) is 18.7 Å². The number of amides is 1. The summed E-state index contributed by atoms with van der Waals surface area (Å²) in [7, 11) is -3.52. The van der Waals surface area contributed by atoms with Crippen LogP contribution in [0.25, 0.3) is 17.0 Å². The first kappa shape index (κ1) is 18.5. The lowest BCUT2D eigenvalue weighted by molar-refractivity contribution is 0.0669. The van der Waals surface area contributed by atoms with Crippen molar-refractivity contribution in [3.8, 4) is 0 Å². The lowest BCUT2D eigenvalue weighted by Crippen LogP contribution is -2.50. The largest absolute Gasteiger partial charge is 0.451 e. The molecule has 0 bridgehead atoms. The number of carbonyl (C=O) groups excluding carboxylic acids is 1. The lowest BCUT2D eigenvalue weighted by atomic mass is 10.2. The van der Waals surface area contributed by atoms with Gasteiger partial charge in [-0.05, 0) is 23.8 Å². The van der Waals surface area contributed by atoms with Gasteiger partial charge in [-0.15, -0.1) is 0 Å². The molecule has 1 aliphatic rings. The summed E-state index contributed by atoms with van der Waals surface area (Å²) in [4.78, 5) is 14.3. The van der Waals surface area contributed by atoms with E-state index in [1.165, 1.54) is 9.71 Å². The zero-order chi connectivity index (χ0) is 19.6. The number of carbonyl (C=O) groups is 1. The predicted octanol–water partition coefficient (Wildman–Crippen LogP) is 3.19. The first-order valence-electron chi connectivity index (χ1n) is 9.04. The Morgan fingerprint density at radius 2 is 1.61 bits per heavy atom. The summed E-state index contributed by atoms with van der Waals surface area (Å²) in [5.41, 5.74) is 1.49. The Kier molecular flexibility index (Phi) is 5.02. The van der Waals surface area contributed by atoms with Crippen LogP contribution >= 0.6 is 0 Å². The molecule has 0 saturated carbocycles. The summed E-state index contributed by atoms with van der Waals surface area (Å²) in [6.45, 7) is 1.17. The highest BCUT2D eigenvalue weighted by Gasteiger charge is 2.29. The van der Waals surface area contributed by atoms with Crippen LogP contribution in [0.1, 0.15) is 16.1 Å². The van der Waals surface area contributed by atoms with Crippen LogP contribution in [0.15, 0.2) is 70.5 Å². The van der Waals surface area contributed by atoms with Crippen LogP contribution in [-0.2, 0) is 10.0 Å². The fourth-order valence-corrected chi connectivity index (χ4v) is 4.38. The van der Waals surface area contributed by atoms with Gasteiger partial charge in [0.2, 0.25) is 10.0 Å². The van der Waals surface area contributed by atoms with Crippen molar-refractivity contribution in [2.75, 3.05) is 26.2 Å². The van der Waals surface area contributed by atoms with E-state index < -0.39 is 10.0 Å². The maximum Gasteiger partial charge on any atom is 0.289 e. The first-order chi connectivity index (χ1) is 13.5. The third-order valence-electron chi connectivity index (χ3n) is 4.75. The van der Waals surface area contributed by atoms with Crippen LogP contribution in [0, 0.1) is 0 Å². The molecule has 1 aromatic heterocycles. The number of furan rings is 1. The Bertz CT molecular complexity index is 1080. The molecule has 1 saturated heterocycles. The van der Waals surface area contributed by atoms with E-state index >= 15 is 0 Å². The van der Waals surface area contributed by atoms with Crippen molar-refractivity contribution < 1.29 is 17.6 Å². The van der Waals surface area contributed by atoms with Crippen molar-refractivity contribution in [2.24, 2.45) is 0 Å². The highest BCUT2D eigenvalue weighted by Crippen LogP contribution is 2.21. The number of para-hydroxylation sites is 1. The minimum atomic E-state index is -3.52. The van der Waals surface area contributed by atoms with Crippen LogP contribution in [0.3, 0.4) is 0 Å². The minimum absolute atomic E-state index is 0.215. The zero-order valence-corrected chi connectivity index (χ0v) is 16.0. The minimum Gasteiger partial charge on any atom is -0.451 e. The Morgan fingerprint density at radius 1 is 0.929 bits per heavy atom. The van der Waals surface area contributed by atoms with Crippen LogP contribution < -0.4 is 0 Å². The van der Waals surface area contributed by atoms with Gasteiger partial charge in [-0.3, -0.25) is 4.79 Å². The highest BCUT2D eigenvalue weighted by atomic mass is 32.2. The standard InChI is InChI=1S/C21H20N2O4S/c24-21(20-16-18-8-4-5-9-19(18)27-20)22-11-13-23(14-12-22)28(25,26)15-10-17-6-2-1-3-7-17/h1-10,15-16H,11-14H2/b15-10-. The van der Waals surface area contributed by atoms with E-state index in [2.05, 4.69) is 0 Å². The van der Waals surface area contributed by atoms with Crippen LogP contribution in [0.5, 0.6) is 0 Å². The topological polar surface area (TPSA) is 70.8 Å². The lowest BCUT2D eigenvalue weighted by Gasteiger charge is -2.32. The molecule has 4 rings (SSSR count). The average molecular weight is 396 g/mol. The van der Waals surface area contributed by atoms with Crippen LogP contribution in [0.4, 0.5) is 0 Å². The molecule has 1 fully saturated rings. The number of benzene rings is 2. The smallest absolute Gasteiger partial charge is 0.289 e. The monoisotopic (exact) mass is 396 g/mol. The molecule has 0 unspecified atom stereocenters. The molecule has 7 heteroatoms. The molecule has 28 heavy (non-hydrogen) atoms. The van der Waals surface area contributed by atoms with Gasteiger partial charge in [0.15, 0.2) is 5.76 Å². The molecule has 0 N–H and O–H groups in total. The fraction of sp³-hybridized carbons (Fsp3) is 0.190. The van der Waals surface area contributed by atoms with Gasteiger partial charge >= 0.3 is 0 Å². The van der Waals surface area contributed by atoms with Gasteiger partial charge in [-0.25, -0.2) is 8.42 Å². The fourth-order valence-electron chi connectivity index (χ4n) is 3.20. The summed E-state index contributed by atoms with van der Waals surface area (Å²) in [5, 5.41) is 2.09. The summed E-state index contributed by atoms with van der Waals surface area (Å²) in [6.07, 6.45) is 1.58. The van der Waals surface area contributed by atoms with Crippen molar-refractivity contribution >= 4 is 33.0 Å². The van der Waals surface area contributed by atoms with Crippen molar-refractivity contribution in [3.63, 3.8) is 0 Å². The molecule has 0 radical (unpaired) electrons. The van der Waals surface area contributed by atoms with Gasteiger partial charge in [0.25, 0.3) is 5.91 Å². The number of nitrogens with zero attached hydrogens (tertiary/aromatic N) is 2. The molecular weight excluding hydrogens is 376 g/mol. The maximum absolute atomic E-state index is 12.7. The molecule has 0 atom stereocenters. The van der Waals surface area contributed by atoms with Crippen molar-refractivity contribution in [1.82, 2.24) is 9.21 Å². The zero-order valence-electron chi connectivity index (χ0n) is 15.2. The van der Waals surface area contributed by atoms with Gasteiger partial charge in [-0.1, -0.05) is 48.5 Å². The number of hydrogen-bond donors (Lipinski definition) is 0. The third kappa shape index (κ3) is 3.85. The van der Waals surface area contributed by atoms with E-state index in [9.17, 15) is 13.2 Å². The molecular formula is C21H20N2O4S. The van der Waals surface area contributed by atoms with Crippen molar-refractivity contribution in [3.05, 3.63) is 77.4 Å². The van der Waals surface area contributed by atoms with Gasteiger partial charge in [0, 0.05) is 37.0 Å². The highest BCUT2D eigenvalue weighted by molar-refractivity contribution is 7.92. The second-order valence-corrected chi connectivity index (χ2v) is 8.42. The third-order valence-corrected chi connectivity index (χ3v) is 6.32. The molecule has 0 spiro atoms. The molecule has 1 aliphatic heterocycles. The van der Waals surface area contributed by atoms with E-state index in [4.69, 9.17) is 4.42 Å². The summed E-state index contributed by atoms with van der Waals surface area (Å²) in [5.74, 6) is 0.0644. The summed E-state index contributed by atoms with van der Waals surface area (Å²) < 4.78 is 32.1. The molecule has 2 aromatic carbocycles. The van der Waals surface area contributed by atoms with E-state index in [-0.39, 0.29) is 24.8 Å². The molecule has 3 aromatic rings. The van der Waals surface area contributed by atoms with Gasteiger partial charge in [-0.2, -0.15) is 4.31 Å². The SMILES string of the molecule is O=C(c1cc2ccccc2o1)N1CCN(S(=O)(=O)/C=C\c2ccccc2)CC1. The molecule has 144 valence electrons. The Morgan fingerprint density at radius 3 is 2.32 bits per heavy atom. The van der Waals surface area contributed by atoms with Crippen LogP contribution in [-0.4, -0.2) is 49.7 Å². The second kappa shape index (κ2) is 7.61. The Labute approximate surface area is 163 Å². The maximum atomic E-state index is 12.7. The molecule has 2 heterocycles. The predicted molar refractivity (Wildman–Crippen MR) is 108 cm³/mol. The molecule has 0 aliphatic carbocycles. The quantitative estimate of drug-likeness (QED) is 0.679.